The van der Waals surface area contributed by atoms with Crippen LogP contribution in [-0.4, -0.2) is 24.9 Å². The molecule has 0 saturated heterocycles. The Morgan fingerprint density at radius 3 is 2.63 bits per heavy atom. The number of esters is 1. The zero-order chi connectivity index (χ0) is 18.5. The molecule has 7 nitrogen and oxygen atoms in total. The predicted molar refractivity (Wildman–Crippen MR) is 95.8 cm³/mol. The molecule has 2 aliphatic heterocycles. The van der Waals surface area contributed by atoms with E-state index in [1.165, 1.54) is 0 Å². The number of aromatic nitrogens is 1. The number of aromatic amines is 1. The molecule has 0 spiro atoms. The maximum atomic E-state index is 12.8. The van der Waals surface area contributed by atoms with E-state index in [0.29, 0.717) is 34.1 Å². The molecular weight excluding hydrogens is 350 g/mol. The normalized spacial score (nSPS) is 17.5. The van der Waals surface area contributed by atoms with Crippen LogP contribution in [0.15, 0.2) is 41.2 Å². The van der Waals surface area contributed by atoms with Gasteiger partial charge in [0.05, 0.1) is 19.0 Å². The van der Waals surface area contributed by atoms with Crippen LogP contribution in [0.5, 0.6) is 23.0 Å². The van der Waals surface area contributed by atoms with Crippen LogP contribution in [0.25, 0.3) is 10.9 Å². The van der Waals surface area contributed by atoms with Crippen molar-refractivity contribution in [1.82, 2.24) is 4.98 Å². The second-order valence-electron chi connectivity index (χ2n) is 6.48. The van der Waals surface area contributed by atoms with Gasteiger partial charge in [-0.05, 0) is 29.7 Å². The third kappa shape index (κ3) is 2.51. The fraction of sp³-hybridized carbons (Fsp3) is 0.200. The number of benzene rings is 2. The second kappa shape index (κ2) is 5.77. The molecule has 0 aliphatic carbocycles. The first-order chi connectivity index (χ1) is 13.1. The molecule has 0 saturated carbocycles. The Morgan fingerprint density at radius 1 is 1.00 bits per heavy atom. The monoisotopic (exact) mass is 365 g/mol. The van der Waals surface area contributed by atoms with Crippen molar-refractivity contribution in [3.05, 3.63) is 57.9 Å². The van der Waals surface area contributed by atoms with E-state index in [9.17, 15) is 9.59 Å². The highest BCUT2D eigenvalue weighted by Gasteiger charge is 2.33. The summed E-state index contributed by atoms with van der Waals surface area (Å²) in [6, 6.07) is 10.7. The van der Waals surface area contributed by atoms with Crippen LogP contribution >= 0.6 is 0 Å². The lowest BCUT2D eigenvalue weighted by Crippen LogP contribution is -2.25. The van der Waals surface area contributed by atoms with Crippen LogP contribution in [-0.2, 0) is 4.79 Å². The molecule has 0 bridgehead atoms. The number of pyridine rings is 1. The molecule has 27 heavy (non-hydrogen) atoms. The van der Waals surface area contributed by atoms with E-state index in [4.69, 9.17) is 18.9 Å². The van der Waals surface area contributed by atoms with Gasteiger partial charge >= 0.3 is 5.97 Å². The number of carbonyl (C=O) groups excluding carboxylic acids is 1. The number of H-pyrrole nitrogens is 1. The molecule has 0 radical (unpaired) electrons. The highest BCUT2D eigenvalue weighted by atomic mass is 16.7. The largest absolute Gasteiger partial charge is 0.497 e. The van der Waals surface area contributed by atoms with E-state index in [1.54, 1.807) is 25.3 Å². The minimum Gasteiger partial charge on any atom is -0.497 e. The van der Waals surface area contributed by atoms with Crippen LogP contribution in [0, 0.1) is 0 Å². The van der Waals surface area contributed by atoms with Gasteiger partial charge in [-0.2, -0.15) is 0 Å². The van der Waals surface area contributed by atoms with Gasteiger partial charge in [0.1, 0.15) is 11.5 Å². The molecule has 2 aliphatic rings. The van der Waals surface area contributed by atoms with Gasteiger partial charge in [-0.15, -0.1) is 0 Å². The molecule has 1 N–H and O–H groups in total. The molecular formula is C20H15NO6. The fourth-order valence-corrected chi connectivity index (χ4v) is 3.60. The number of methoxy groups -OCH3 is 1. The van der Waals surface area contributed by atoms with Gasteiger partial charge < -0.3 is 23.9 Å². The average Bonchev–Trinajstić information content (AvgIpc) is 3.12. The lowest BCUT2D eigenvalue weighted by atomic mass is 9.86. The average molecular weight is 365 g/mol. The van der Waals surface area contributed by atoms with Crippen molar-refractivity contribution in [2.45, 2.75) is 12.3 Å². The van der Waals surface area contributed by atoms with Crippen LogP contribution in [0.2, 0.25) is 0 Å². The molecule has 2 aromatic carbocycles. The molecule has 0 fully saturated rings. The highest BCUT2D eigenvalue weighted by Crippen LogP contribution is 2.45. The minimum absolute atomic E-state index is 0.0807. The number of ether oxygens (including phenoxy) is 4. The van der Waals surface area contributed by atoms with Gasteiger partial charge in [-0.25, -0.2) is 0 Å². The van der Waals surface area contributed by atoms with Crippen LogP contribution < -0.4 is 24.5 Å². The van der Waals surface area contributed by atoms with Crippen molar-refractivity contribution < 1.29 is 23.7 Å². The topological polar surface area (TPSA) is 86.8 Å². The van der Waals surface area contributed by atoms with Gasteiger partial charge in [0.25, 0.3) is 5.56 Å². The summed E-state index contributed by atoms with van der Waals surface area (Å²) in [6.45, 7) is 0.120. The second-order valence-corrected chi connectivity index (χ2v) is 6.48. The maximum Gasteiger partial charge on any atom is 0.312 e. The van der Waals surface area contributed by atoms with E-state index in [0.717, 1.165) is 10.9 Å². The number of hydrogen-bond acceptors (Lipinski definition) is 6. The van der Waals surface area contributed by atoms with E-state index < -0.39 is 5.92 Å². The Balaban J connectivity index is 1.68. The Hall–Kier alpha value is -3.48. The Kier molecular flexibility index (Phi) is 3.36. The summed E-state index contributed by atoms with van der Waals surface area (Å²) in [6.07, 6.45) is 0.0807. The third-order valence-electron chi connectivity index (χ3n) is 4.93. The summed E-state index contributed by atoms with van der Waals surface area (Å²) >= 11 is 0. The van der Waals surface area contributed by atoms with Crippen LogP contribution in [0.4, 0.5) is 0 Å². The van der Waals surface area contributed by atoms with E-state index in [1.807, 2.05) is 18.2 Å². The van der Waals surface area contributed by atoms with Crippen molar-refractivity contribution in [2.24, 2.45) is 0 Å². The molecule has 1 unspecified atom stereocenters. The minimum atomic E-state index is -0.425. The first-order valence-electron chi connectivity index (χ1n) is 8.47. The number of nitrogens with one attached hydrogen (secondary N) is 1. The van der Waals surface area contributed by atoms with Gasteiger partial charge in [-0.1, -0.05) is 0 Å². The number of fused-ring (bicyclic) bond motifs is 3. The standard InChI is InChI=1S/C20H15NO6/c1-24-11-3-2-10-4-14(20(23)21-15(10)5-11)12-7-19(22)27-16-8-18-17(6-13(12)16)25-9-26-18/h2-6,8,12H,7,9H2,1H3,(H,21,23). The molecule has 1 aromatic heterocycles. The number of rotatable bonds is 2. The van der Waals surface area contributed by atoms with Crippen molar-refractivity contribution >= 4 is 16.9 Å². The summed E-state index contributed by atoms with van der Waals surface area (Å²) in [5.74, 6) is 1.35. The zero-order valence-electron chi connectivity index (χ0n) is 14.4. The Morgan fingerprint density at radius 2 is 1.81 bits per heavy atom. The SMILES string of the molecule is COc1ccc2cc(C3CC(=O)Oc4cc5c(cc43)OCO5)c(=O)[nH]c2c1. The lowest BCUT2D eigenvalue weighted by Gasteiger charge is -2.24. The molecule has 3 aromatic rings. The molecule has 5 rings (SSSR count). The highest BCUT2D eigenvalue weighted by molar-refractivity contribution is 5.82. The predicted octanol–water partition coefficient (Wildman–Crippen LogP) is 2.71. The summed E-state index contributed by atoms with van der Waals surface area (Å²) in [5, 5.41) is 0.853. The Bertz CT molecular complexity index is 1150. The lowest BCUT2D eigenvalue weighted by molar-refractivity contribution is -0.135. The summed E-state index contributed by atoms with van der Waals surface area (Å²) in [4.78, 5) is 27.8. The van der Waals surface area contributed by atoms with Crippen molar-refractivity contribution in [2.75, 3.05) is 13.9 Å². The van der Waals surface area contributed by atoms with E-state index in [-0.39, 0.29) is 24.7 Å². The molecule has 1 atom stereocenters. The van der Waals surface area contributed by atoms with Gasteiger partial charge in [0.15, 0.2) is 11.5 Å². The molecule has 0 amide bonds. The molecule has 7 heteroatoms. The first-order valence-corrected chi connectivity index (χ1v) is 8.47. The van der Waals surface area contributed by atoms with E-state index >= 15 is 0 Å². The van der Waals surface area contributed by atoms with Crippen molar-refractivity contribution in [3.8, 4) is 23.0 Å². The molecule has 3 heterocycles. The van der Waals surface area contributed by atoms with Gasteiger partial charge in [-0.3, -0.25) is 9.59 Å². The quantitative estimate of drug-likeness (QED) is 0.555. The Labute approximate surface area is 153 Å². The van der Waals surface area contributed by atoms with Gasteiger partial charge in [0, 0.05) is 29.2 Å². The smallest absolute Gasteiger partial charge is 0.312 e. The summed E-state index contributed by atoms with van der Waals surface area (Å²) in [5.41, 5.74) is 1.66. The zero-order valence-corrected chi connectivity index (χ0v) is 14.4. The van der Waals surface area contributed by atoms with Gasteiger partial charge in [0.2, 0.25) is 6.79 Å². The van der Waals surface area contributed by atoms with Crippen molar-refractivity contribution in [3.63, 3.8) is 0 Å². The number of hydrogen-bond donors (Lipinski definition) is 1. The first kappa shape index (κ1) is 15.7. The van der Waals surface area contributed by atoms with E-state index in [2.05, 4.69) is 4.98 Å². The summed E-state index contributed by atoms with van der Waals surface area (Å²) in [7, 11) is 1.57. The van der Waals surface area contributed by atoms with Crippen LogP contribution in [0.1, 0.15) is 23.5 Å². The number of carbonyl (C=O) groups is 1. The summed E-state index contributed by atoms with van der Waals surface area (Å²) < 4.78 is 21.4. The van der Waals surface area contributed by atoms with Crippen LogP contribution in [0.3, 0.4) is 0 Å². The molecule has 136 valence electrons. The fourth-order valence-electron chi connectivity index (χ4n) is 3.60. The third-order valence-corrected chi connectivity index (χ3v) is 4.93. The maximum absolute atomic E-state index is 12.8. The van der Waals surface area contributed by atoms with Crippen molar-refractivity contribution in [1.29, 1.82) is 0 Å².